The van der Waals surface area contributed by atoms with Gasteiger partial charge >= 0.3 is 0 Å². The molecule has 1 aliphatic heterocycles. The third-order valence-electron chi connectivity index (χ3n) is 4.62. The molecule has 2 aromatic rings. The molecule has 0 saturated carbocycles. The minimum atomic E-state index is 0. The summed E-state index contributed by atoms with van der Waals surface area (Å²) < 4.78 is 1.89. The van der Waals surface area contributed by atoms with E-state index in [-0.39, 0.29) is 24.0 Å². The van der Waals surface area contributed by atoms with Crippen LogP contribution in [0, 0.1) is 13.8 Å². The van der Waals surface area contributed by atoms with Crippen LogP contribution >= 0.6 is 35.3 Å². The second-order valence-corrected chi connectivity index (χ2v) is 7.89. The van der Waals surface area contributed by atoms with Crippen LogP contribution in [-0.2, 0) is 13.5 Å². The molecule has 1 unspecified atom stereocenters. The highest BCUT2D eigenvalue weighted by Crippen LogP contribution is 2.26. The van der Waals surface area contributed by atoms with Gasteiger partial charge in [-0.15, -0.1) is 35.3 Å². The molecule has 1 atom stereocenters. The fraction of sp³-hybridized carbons (Fsp3) is 0.611. The van der Waals surface area contributed by atoms with Gasteiger partial charge in [-0.2, -0.15) is 5.10 Å². The van der Waals surface area contributed by atoms with Crippen molar-refractivity contribution in [3.63, 3.8) is 0 Å². The predicted molar refractivity (Wildman–Crippen MR) is 119 cm³/mol. The van der Waals surface area contributed by atoms with Crippen LogP contribution in [0.2, 0.25) is 0 Å². The van der Waals surface area contributed by atoms with Crippen LogP contribution in [0.3, 0.4) is 0 Å². The summed E-state index contributed by atoms with van der Waals surface area (Å²) in [6, 6.07) is 0. The van der Waals surface area contributed by atoms with Gasteiger partial charge < -0.3 is 10.2 Å². The Morgan fingerprint density at radius 1 is 1.42 bits per heavy atom. The van der Waals surface area contributed by atoms with Crippen molar-refractivity contribution in [1.29, 1.82) is 0 Å². The highest BCUT2D eigenvalue weighted by Gasteiger charge is 2.26. The Morgan fingerprint density at radius 3 is 2.85 bits per heavy atom. The lowest BCUT2D eigenvalue weighted by molar-refractivity contribution is 0.486. The zero-order valence-corrected chi connectivity index (χ0v) is 19.2. The van der Waals surface area contributed by atoms with Crippen molar-refractivity contribution in [2.45, 2.75) is 39.5 Å². The minimum Gasteiger partial charge on any atom is -0.357 e. The topological polar surface area (TPSA) is 58.3 Å². The summed E-state index contributed by atoms with van der Waals surface area (Å²) in [5, 5.41) is 8.90. The Balaban J connectivity index is 0.00000243. The van der Waals surface area contributed by atoms with Gasteiger partial charge in [-0.3, -0.25) is 9.67 Å². The summed E-state index contributed by atoms with van der Waals surface area (Å²) in [5.41, 5.74) is 2.48. The number of nitrogens with zero attached hydrogens (tertiary/aromatic N) is 5. The zero-order chi connectivity index (χ0) is 17.8. The summed E-state index contributed by atoms with van der Waals surface area (Å²) in [4.78, 5) is 13.1. The number of aliphatic imine (C=N–C) groups is 1. The molecule has 0 aliphatic carbocycles. The van der Waals surface area contributed by atoms with Crippen LogP contribution < -0.4 is 5.32 Å². The summed E-state index contributed by atoms with van der Waals surface area (Å²) in [7, 11) is 1.98. The molecule has 8 heteroatoms. The smallest absolute Gasteiger partial charge is 0.193 e. The molecule has 1 saturated heterocycles. The second-order valence-electron chi connectivity index (χ2n) is 6.61. The van der Waals surface area contributed by atoms with E-state index in [4.69, 9.17) is 4.99 Å². The Hall–Kier alpha value is -1.16. The zero-order valence-electron chi connectivity index (χ0n) is 16.0. The molecule has 1 aliphatic rings. The molecular formula is C18H29IN6S. The van der Waals surface area contributed by atoms with E-state index >= 15 is 0 Å². The summed E-state index contributed by atoms with van der Waals surface area (Å²) in [5.74, 6) is 1.58. The lowest BCUT2D eigenvalue weighted by Gasteiger charge is -2.21. The monoisotopic (exact) mass is 488 g/mol. The van der Waals surface area contributed by atoms with E-state index in [1.54, 1.807) is 11.3 Å². The normalized spacial score (nSPS) is 17.5. The predicted octanol–water partition coefficient (Wildman–Crippen LogP) is 3.11. The van der Waals surface area contributed by atoms with Crippen LogP contribution in [-0.4, -0.2) is 51.8 Å². The Labute approximate surface area is 177 Å². The van der Waals surface area contributed by atoms with Crippen LogP contribution in [0.1, 0.15) is 40.4 Å². The molecule has 0 aromatic carbocycles. The third kappa shape index (κ3) is 5.18. The molecule has 0 radical (unpaired) electrons. The maximum atomic E-state index is 4.86. The Morgan fingerprint density at radius 2 is 2.23 bits per heavy atom. The van der Waals surface area contributed by atoms with E-state index in [0.29, 0.717) is 5.92 Å². The number of aryl methyl sites for hydroxylation is 3. The van der Waals surface area contributed by atoms with E-state index in [2.05, 4.69) is 47.3 Å². The summed E-state index contributed by atoms with van der Waals surface area (Å²) >= 11 is 1.79. The lowest BCUT2D eigenvalue weighted by atomic mass is 10.0. The van der Waals surface area contributed by atoms with Crippen molar-refractivity contribution in [2.24, 2.45) is 12.0 Å². The largest absolute Gasteiger partial charge is 0.357 e. The molecule has 1 N–H and O–H groups in total. The van der Waals surface area contributed by atoms with Gasteiger partial charge in [0.15, 0.2) is 5.96 Å². The van der Waals surface area contributed by atoms with Gasteiger partial charge in [-0.05, 0) is 32.8 Å². The average molecular weight is 488 g/mol. The Bertz CT molecular complexity index is 738. The molecule has 0 amide bonds. The molecule has 6 nitrogen and oxygen atoms in total. The first-order valence-electron chi connectivity index (χ1n) is 9.01. The highest BCUT2D eigenvalue weighted by atomic mass is 127. The Kier molecular flexibility index (Phi) is 7.87. The van der Waals surface area contributed by atoms with Crippen LogP contribution in [0.25, 0.3) is 0 Å². The molecule has 26 heavy (non-hydrogen) atoms. The molecule has 2 aromatic heterocycles. The fourth-order valence-electron chi connectivity index (χ4n) is 3.37. The van der Waals surface area contributed by atoms with Gasteiger partial charge in [0.2, 0.25) is 0 Å². The van der Waals surface area contributed by atoms with Crippen LogP contribution in [0.5, 0.6) is 0 Å². The van der Waals surface area contributed by atoms with Crippen molar-refractivity contribution in [3.05, 3.63) is 33.5 Å². The average Bonchev–Trinajstić information content (AvgIpc) is 3.27. The number of nitrogens with one attached hydrogen (secondary N) is 1. The second kappa shape index (κ2) is 9.68. The van der Waals surface area contributed by atoms with Crippen LogP contribution in [0.4, 0.5) is 0 Å². The quantitative estimate of drug-likeness (QED) is 0.399. The number of hydrogen-bond donors (Lipinski definition) is 1. The first-order chi connectivity index (χ1) is 12.1. The van der Waals surface area contributed by atoms with E-state index < -0.39 is 0 Å². The molecule has 3 rings (SSSR count). The number of guanidine groups is 1. The number of hydrogen-bond acceptors (Lipinski definition) is 4. The van der Waals surface area contributed by atoms with Crippen molar-refractivity contribution >= 4 is 41.3 Å². The SMILES string of the molecule is CCNC(=NCCc1sc(C)nc1C)N1CCC(c2cnn(C)c2)C1.I. The maximum absolute atomic E-state index is 4.86. The van der Waals surface area contributed by atoms with Gasteiger partial charge in [0.1, 0.15) is 0 Å². The van der Waals surface area contributed by atoms with Gasteiger partial charge in [0.25, 0.3) is 0 Å². The van der Waals surface area contributed by atoms with Crippen molar-refractivity contribution in [2.75, 3.05) is 26.2 Å². The highest BCUT2D eigenvalue weighted by molar-refractivity contribution is 14.0. The standard InChI is InChI=1S/C18H28N6S.HI/c1-5-19-18(20-8-6-17-13(2)22-14(3)25-17)24-9-7-15(12-24)16-10-21-23(4)11-16;/h10-11,15H,5-9,12H2,1-4H3,(H,19,20);1H. The van der Waals surface area contributed by atoms with Crippen molar-refractivity contribution in [1.82, 2.24) is 25.0 Å². The minimum absolute atomic E-state index is 0. The molecule has 1 fully saturated rings. The number of aromatic nitrogens is 3. The molecule has 144 valence electrons. The van der Waals surface area contributed by atoms with E-state index in [1.165, 1.54) is 10.4 Å². The van der Waals surface area contributed by atoms with Gasteiger partial charge in [-0.25, -0.2) is 4.98 Å². The van der Waals surface area contributed by atoms with Crippen LogP contribution in [0.15, 0.2) is 17.4 Å². The number of likely N-dealkylation sites (tertiary alicyclic amines) is 1. The van der Waals surface area contributed by atoms with Crippen molar-refractivity contribution in [3.8, 4) is 0 Å². The fourth-order valence-corrected chi connectivity index (χ4v) is 4.30. The van der Waals surface area contributed by atoms with Gasteiger partial charge in [0, 0.05) is 56.6 Å². The van der Waals surface area contributed by atoms with E-state index in [1.807, 2.05) is 17.9 Å². The van der Waals surface area contributed by atoms with E-state index in [9.17, 15) is 0 Å². The third-order valence-corrected chi connectivity index (χ3v) is 5.75. The maximum Gasteiger partial charge on any atom is 0.193 e. The first-order valence-corrected chi connectivity index (χ1v) is 9.83. The lowest BCUT2D eigenvalue weighted by Crippen LogP contribution is -2.40. The molecule has 3 heterocycles. The summed E-state index contributed by atoms with van der Waals surface area (Å²) in [6.07, 6.45) is 6.25. The summed E-state index contributed by atoms with van der Waals surface area (Å²) in [6.45, 7) is 10.0. The molecular weight excluding hydrogens is 459 g/mol. The molecule has 0 spiro atoms. The first kappa shape index (κ1) is 21.1. The van der Waals surface area contributed by atoms with Crippen molar-refractivity contribution < 1.29 is 0 Å². The van der Waals surface area contributed by atoms with Gasteiger partial charge in [-0.1, -0.05) is 0 Å². The number of thiazole rings is 1. The molecule has 0 bridgehead atoms. The van der Waals surface area contributed by atoms with E-state index in [0.717, 1.165) is 55.7 Å². The number of halogens is 1. The number of rotatable bonds is 5. The van der Waals surface area contributed by atoms with Gasteiger partial charge in [0.05, 0.1) is 16.9 Å².